The van der Waals surface area contributed by atoms with E-state index in [0.29, 0.717) is 11.3 Å². The van der Waals surface area contributed by atoms with Crippen LogP contribution in [0.2, 0.25) is 0 Å². The van der Waals surface area contributed by atoms with Crippen LogP contribution < -0.4 is 11.1 Å². The topological polar surface area (TPSA) is 64.3 Å². The van der Waals surface area contributed by atoms with Gasteiger partial charge in [0.25, 0.3) is 0 Å². The smallest absolute Gasteiger partial charge is 0.338 e. The van der Waals surface area contributed by atoms with Gasteiger partial charge in [-0.3, -0.25) is 0 Å². The van der Waals surface area contributed by atoms with Crippen LogP contribution >= 0.6 is 0 Å². The normalized spacial score (nSPS) is 11.2. The van der Waals surface area contributed by atoms with E-state index < -0.39 is 5.60 Å². The van der Waals surface area contributed by atoms with E-state index in [2.05, 4.69) is 23.5 Å². The lowest BCUT2D eigenvalue weighted by Gasteiger charge is -2.20. The summed E-state index contributed by atoms with van der Waals surface area (Å²) in [5.41, 5.74) is 10.6. The average molecular weight is 312 g/mol. The Morgan fingerprint density at radius 1 is 1.04 bits per heavy atom. The maximum atomic E-state index is 12.1. The predicted molar refractivity (Wildman–Crippen MR) is 95.2 cm³/mol. The molecule has 0 amide bonds. The zero-order valence-electron chi connectivity index (χ0n) is 14.4. The zero-order valence-corrected chi connectivity index (χ0v) is 14.4. The van der Waals surface area contributed by atoms with Crippen LogP contribution in [0.1, 0.15) is 42.3 Å². The van der Waals surface area contributed by atoms with Gasteiger partial charge in [-0.25, -0.2) is 4.79 Å². The van der Waals surface area contributed by atoms with E-state index in [4.69, 9.17) is 10.5 Å². The molecular formula is C19H24N2O2. The molecule has 0 radical (unpaired) electrons. The standard InChI is InChI=1S/C19H24N2O2/c1-12-6-7-13(2)17(10-12)21-16-9-8-14(11-15(16)20)18(22)23-19(3,4)5/h6-11,21H,20H2,1-5H3. The van der Waals surface area contributed by atoms with Crippen molar-refractivity contribution in [2.24, 2.45) is 0 Å². The molecule has 0 heterocycles. The number of aryl methyl sites for hydroxylation is 2. The largest absolute Gasteiger partial charge is 0.456 e. The van der Waals surface area contributed by atoms with Gasteiger partial charge in [-0.1, -0.05) is 12.1 Å². The molecule has 3 N–H and O–H groups in total. The van der Waals surface area contributed by atoms with Crippen molar-refractivity contribution in [3.63, 3.8) is 0 Å². The fourth-order valence-corrected chi connectivity index (χ4v) is 2.16. The molecule has 4 heteroatoms. The Balaban J connectivity index is 2.23. The third kappa shape index (κ3) is 4.49. The Kier molecular flexibility index (Phi) is 4.64. The van der Waals surface area contributed by atoms with Crippen LogP contribution in [-0.2, 0) is 4.74 Å². The highest BCUT2D eigenvalue weighted by Gasteiger charge is 2.18. The zero-order chi connectivity index (χ0) is 17.2. The summed E-state index contributed by atoms with van der Waals surface area (Å²) in [6.07, 6.45) is 0. The minimum Gasteiger partial charge on any atom is -0.456 e. The predicted octanol–water partition coefficient (Wildman–Crippen LogP) is 4.58. The van der Waals surface area contributed by atoms with Gasteiger partial charge in [0.2, 0.25) is 0 Å². The van der Waals surface area contributed by atoms with Crippen molar-refractivity contribution in [2.75, 3.05) is 11.1 Å². The molecule has 23 heavy (non-hydrogen) atoms. The molecule has 0 atom stereocenters. The van der Waals surface area contributed by atoms with Crippen molar-refractivity contribution in [1.82, 2.24) is 0 Å². The lowest BCUT2D eigenvalue weighted by Crippen LogP contribution is -2.23. The Labute approximate surface area is 137 Å². The van der Waals surface area contributed by atoms with Gasteiger partial charge >= 0.3 is 5.97 Å². The summed E-state index contributed by atoms with van der Waals surface area (Å²) in [5.74, 6) is -0.373. The van der Waals surface area contributed by atoms with Crippen LogP contribution in [0.25, 0.3) is 0 Å². The first-order valence-electron chi connectivity index (χ1n) is 7.63. The van der Waals surface area contributed by atoms with E-state index in [-0.39, 0.29) is 5.97 Å². The summed E-state index contributed by atoms with van der Waals surface area (Å²) in [6, 6.07) is 11.4. The second-order valence-corrected chi connectivity index (χ2v) is 6.75. The van der Waals surface area contributed by atoms with Crippen LogP contribution in [0.3, 0.4) is 0 Å². The van der Waals surface area contributed by atoms with E-state index in [1.54, 1.807) is 18.2 Å². The Bertz CT molecular complexity index is 731. The first-order valence-corrected chi connectivity index (χ1v) is 7.63. The van der Waals surface area contributed by atoms with E-state index in [1.807, 2.05) is 34.6 Å². The molecule has 2 aromatic rings. The number of esters is 1. The SMILES string of the molecule is Cc1ccc(C)c(Nc2ccc(C(=O)OC(C)(C)C)cc2N)c1. The second-order valence-electron chi connectivity index (χ2n) is 6.75. The molecule has 0 aliphatic heterocycles. The van der Waals surface area contributed by atoms with Crippen molar-refractivity contribution < 1.29 is 9.53 Å². The molecule has 4 nitrogen and oxygen atoms in total. The van der Waals surface area contributed by atoms with E-state index in [1.165, 1.54) is 5.56 Å². The molecule has 0 bridgehead atoms. The highest BCUT2D eigenvalue weighted by atomic mass is 16.6. The maximum absolute atomic E-state index is 12.1. The van der Waals surface area contributed by atoms with Crippen LogP contribution in [0.4, 0.5) is 17.1 Å². The van der Waals surface area contributed by atoms with Gasteiger partial charge in [0.1, 0.15) is 5.60 Å². The summed E-state index contributed by atoms with van der Waals surface area (Å²) in [4.78, 5) is 12.1. The van der Waals surface area contributed by atoms with E-state index in [0.717, 1.165) is 16.9 Å². The highest BCUT2D eigenvalue weighted by molar-refractivity contribution is 5.92. The number of carbonyl (C=O) groups excluding carboxylic acids is 1. The van der Waals surface area contributed by atoms with Crippen LogP contribution in [-0.4, -0.2) is 11.6 Å². The number of benzene rings is 2. The highest BCUT2D eigenvalue weighted by Crippen LogP contribution is 2.27. The molecule has 0 saturated carbocycles. The first kappa shape index (κ1) is 16.9. The molecule has 0 fully saturated rings. The van der Waals surface area contributed by atoms with Crippen molar-refractivity contribution in [3.05, 3.63) is 53.1 Å². The molecule has 0 aromatic heterocycles. The third-order valence-electron chi connectivity index (χ3n) is 3.35. The van der Waals surface area contributed by atoms with Gasteiger partial charge in [-0.05, 0) is 70.0 Å². The van der Waals surface area contributed by atoms with Crippen molar-refractivity contribution in [1.29, 1.82) is 0 Å². The molecular weight excluding hydrogens is 288 g/mol. The molecule has 0 saturated heterocycles. The maximum Gasteiger partial charge on any atom is 0.338 e. The Morgan fingerprint density at radius 3 is 2.35 bits per heavy atom. The third-order valence-corrected chi connectivity index (χ3v) is 3.35. The van der Waals surface area contributed by atoms with E-state index >= 15 is 0 Å². The summed E-state index contributed by atoms with van der Waals surface area (Å²) >= 11 is 0. The minimum absolute atomic E-state index is 0.373. The summed E-state index contributed by atoms with van der Waals surface area (Å²) < 4.78 is 5.36. The number of carbonyl (C=O) groups is 1. The monoisotopic (exact) mass is 312 g/mol. The van der Waals surface area contributed by atoms with Gasteiger partial charge in [-0.15, -0.1) is 0 Å². The van der Waals surface area contributed by atoms with Crippen LogP contribution in [0.5, 0.6) is 0 Å². The molecule has 122 valence electrons. The van der Waals surface area contributed by atoms with Crippen LogP contribution in [0.15, 0.2) is 36.4 Å². The molecule has 2 rings (SSSR count). The van der Waals surface area contributed by atoms with Gasteiger partial charge in [-0.2, -0.15) is 0 Å². The van der Waals surface area contributed by atoms with Crippen molar-refractivity contribution >= 4 is 23.0 Å². The van der Waals surface area contributed by atoms with Crippen LogP contribution in [0, 0.1) is 13.8 Å². The van der Waals surface area contributed by atoms with Gasteiger partial charge in [0, 0.05) is 5.69 Å². The van der Waals surface area contributed by atoms with Gasteiger partial charge in [0.05, 0.1) is 16.9 Å². The number of anilines is 3. The summed E-state index contributed by atoms with van der Waals surface area (Å²) in [5, 5.41) is 3.32. The average Bonchev–Trinajstić information content (AvgIpc) is 2.43. The number of rotatable bonds is 3. The van der Waals surface area contributed by atoms with Crippen molar-refractivity contribution in [3.8, 4) is 0 Å². The van der Waals surface area contributed by atoms with Crippen molar-refractivity contribution in [2.45, 2.75) is 40.2 Å². The van der Waals surface area contributed by atoms with E-state index in [9.17, 15) is 4.79 Å². The minimum atomic E-state index is -0.526. The molecule has 0 aliphatic carbocycles. The fourth-order valence-electron chi connectivity index (χ4n) is 2.16. The lowest BCUT2D eigenvalue weighted by atomic mass is 10.1. The second kappa shape index (κ2) is 6.32. The molecule has 2 aromatic carbocycles. The number of nitrogen functional groups attached to an aromatic ring is 1. The Hall–Kier alpha value is -2.49. The summed E-state index contributed by atoms with van der Waals surface area (Å²) in [6.45, 7) is 9.59. The quantitative estimate of drug-likeness (QED) is 0.643. The molecule has 0 spiro atoms. The molecule has 0 unspecified atom stereocenters. The lowest BCUT2D eigenvalue weighted by molar-refractivity contribution is 0.00696. The Morgan fingerprint density at radius 2 is 1.74 bits per heavy atom. The first-order chi connectivity index (χ1) is 10.7. The number of hydrogen-bond acceptors (Lipinski definition) is 4. The number of nitrogens with one attached hydrogen (secondary N) is 1. The number of nitrogens with two attached hydrogens (primary N) is 1. The number of ether oxygens (including phenoxy) is 1. The fraction of sp³-hybridized carbons (Fsp3) is 0.316. The summed E-state index contributed by atoms with van der Waals surface area (Å²) in [7, 11) is 0. The molecule has 0 aliphatic rings. The van der Waals surface area contributed by atoms with Gasteiger partial charge in [0.15, 0.2) is 0 Å². The van der Waals surface area contributed by atoms with Gasteiger partial charge < -0.3 is 15.8 Å². The number of hydrogen-bond donors (Lipinski definition) is 2.